The molecule has 160 valence electrons. The Kier molecular flexibility index (Phi) is 6.76. The van der Waals surface area contributed by atoms with Crippen LogP contribution >= 0.6 is 11.3 Å². The molecule has 3 heterocycles. The largest absolute Gasteiger partial charge is 0.339 e. The summed E-state index contributed by atoms with van der Waals surface area (Å²) in [6.07, 6.45) is 2.25. The predicted molar refractivity (Wildman–Crippen MR) is 116 cm³/mol. The zero-order chi connectivity index (χ0) is 20.9. The predicted octanol–water partition coefficient (Wildman–Crippen LogP) is 2.81. The van der Waals surface area contributed by atoms with Gasteiger partial charge in [0.25, 0.3) is 0 Å². The van der Waals surface area contributed by atoms with E-state index in [9.17, 15) is 14.0 Å². The molecule has 1 aromatic heterocycles. The molecule has 2 aliphatic rings. The van der Waals surface area contributed by atoms with E-state index in [1.165, 1.54) is 17.0 Å². The number of amides is 2. The average molecular weight is 431 g/mol. The van der Waals surface area contributed by atoms with Gasteiger partial charge in [-0.25, -0.2) is 4.39 Å². The number of halogens is 1. The molecule has 0 saturated carbocycles. The number of likely N-dealkylation sites (tertiary alicyclic amines) is 1. The van der Waals surface area contributed by atoms with Crippen molar-refractivity contribution in [3.8, 4) is 0 Å². The summed E-state index contributed by atoms with van der Waals surface area (Å²) in [5.41, 5.74) is 0.584. The van der Waals surface area contributed by atoms with Crippen LogP contribution in [0.1, 0.15) is 23.8 Å². The third kappa shape index (κ3) is 5.24. The van der Waals surface area contributed by atoms with Crippen molar-refractivity contribution in [2.45, 2.75) is 18.9 Å². The van der Waals surface area contributed by atoms with Gasteiger partial charge in [0.15, 0.2) is 0 Å². The number of carbonyl (C=O) groups excluding carboxylic acids is 2. The van der Waals surface area contributed by atoms with Gasteiger partial charge in [-0.1, -0.05) is 6.07 Å². The molecule has 4 rings (SSSR count). The lowest BCUT2D eigenvalue weighted by atomic mass is 10.2. The highest BCUT2D eigenvalue weighted by Gasteiger charge is 2.30. The van der Waals surface area contributed by atoms with Crippen LogP contribution in [-0.4, -0.2) is 72.3 Å². The molecule has 6 nitrogen and oxygen atoms in total. The van der Waals surface area contributed by atoms with Crippen molar-refractivity contribution < 1.29 is 14.0 Å². The SMILES string of the molecule is O=C(CN1CCN(C(=O)CN2CCC[C@H]2c2cccs2)CC1)Nc1ccc(F)cc1. The molecule has 0 spiro atoms. The normalized spacial score (nSPS) is 20.4. The minimum absolute atomic E-state index is 0.128. The van der Waals surface area contributed by atoms with Gasteiger partial charge in [0.1, 0.15) is 5.82 Å². The molecule has 0 aliphatic carbocycles. The second kappa shape index (κ2) is 9.68. The van der Waals surface area contributed by atoms with Crippen molar-refractivity contribution in [1.82, 2.24) is 14.7 Å². The first-order chi connectivity index (χ1) is 14.6. The van der Waals surface area contributed by atoms with Crippen LogP contribution in [0, 0.1) is 5.82 Å². The van der Waals surface area contributed by atoms with Crippen molar-refractivity contribution in [3.05, 3.63) is 52.5 Å². The third-order valence-electron chi connectivity index (χ3n) is 5.79. The Labute approximate surface area is 180 Å². The fourth-order valence-electron chi connectivity index (χ4n) is 4.18. The van der Waals surface area contributed by atoms with Gasteiger partial charge in [-0.15, -0.1) is 11.3 Å². The molecule has 0 bridgehead atoms. The topological polar surface area (TPSA) is 55.9 Å². The summed E-state index contributed by atoms with van der Waals surface area (Å²) in [7, 11) is 0. The summed E-state index contributed by atoms with van der Waals surface area (Å²) in [6.45, 7) is 4.34. The summed E-state index contributed by atoms with van der Waals surface area (Å²) in [5, 5.41) is 4.88. The van der Waals surface area contributed by atoms with Crippen molar-refractivity contribution in [1.29, 1.82) is 0 Å². The van der Waals surface area contributed by atoms with E-state index in [2.05, 4.69) is 27.7 Å². The number of thiophene rings is 1. The quantitative estimate of drug-likeness (QED) is 0.766. The van der Waals surface area contributed by atoms with E-state index in [0.29, 0.717) is 44.5 Å². The van der Waals surface area contributed by atoms with Gasteiger partial charge in [-0.3, -0.25) is 19.4 Å². The molecular formula is C22H27FN4O2S. The van der Waals surface area contributed by atoms with E-state index >= 15 is 0 Å². The highest BCUT2D eigenvalue weighted by molar-refractivity contribution is 7.10. The summed E-state index contributed by atoms with van der Waals surface area (Å²) in [4.78, 5) is 32.7. The molecule has 1 aromatic carbocycles. The first kappa shape index (κ1) is 21.0. The Morgan fingerprint density at radius 3 is 2.50 bits per heavy atom. The van der Waals surface area contributed by atoms with E-state index in [0.717, 1.165) is 19.4 Å². The highest BCUT2D eigenvalue weighted by Crippen LogP contribution is 2.34. The van der Waals surface area contributed by atoms with Gasteiger partial charge in [0.2, 0.25) is 11.8 Å². The van der Waals surface area contributed by atoms with Gasteiger partial charge in [0, 0.05) is 42.8 Å². The standard InChI is InChI=1S/C22H27FN4O2S/c23-17-5-7-18(8-6-17)24-21(28)15-25-10-12-26(13-11-25)22(29)16-27-9-1-3-19(27)20-4-2-14-30-20/h2,4-8,14,19H,1,3,9-13,15-16H2,(H,24,28)/t19-/m0/s1. The van der Waals surface area contributed by atoms with Crippen molar-refractivity contribution in [3.63, 3.8) is 0 Å². The number of rotatable bonds is 6. The Balaban J connectivity index is 1.21. The number of nitrogens with one attached hydrogen (secondary N) is 1. The number of carbonyl (C=O) groups is 2. The van der Waals surface area contributed by atoms with Crippen LogP contribution in [0.5, 0.6) is 0 Å². The first-order valence-electron chi connectivity index (χ1n) is 10.4. The lowest BCUT2D eigenvalue weighted by molar-refractivity contribution is -0.134. The molecule has 2 amide bonds. The maximum atomic E-state index is 13.0. The van der Waals surface area contributed by atoms with E-state index in [1.807, 2.05) is 9.80 Å². The zero-order valence-corrected chi connectivity index (χ0v) is 17.7. The lowest BCUT2D eigenvalue weighted by Gasteiger charge is -2.35. The van der Waals surface area contributed by atoms with Gasteiger partial charge in [0.05, 0.1) is 13.1 Å². The summed E-state index contributed by atoms with van der Waals surface area (Å²) < 4.78 is 13.0. The fourth-order valence-corrected chi connectivity index (χ4v) is 5.08. The smallest absolute Gasteiger partial charge is 0.238 e. The van der Waals surface area contributed by atoms with E-state index in [-0.39, 0.29) is 24.2 Å². The van der Waals surface area contributed by atoms with E-state index < -0.39 is 0 Å². The second-order valence-corrected chi connectivity index (χ2v) is 8.84. The molecule has 2 aliphatic heterocycles. The Morgan fingerprint density at radius 2 is 1.80 bits per heavy atom. The minimum atomic E-state index is -0.329. The number of hydrogen-bond donors (Lipinski definition) is 1. The van der Waals surface area contributed by atoms with Gasteiger partial charge >= 0.3 is 0 Å². The number of anilines is 1. The number of hydrogen-bond acceptors (Lipinski definition) is 5. The Hall–Kier alpha value is -2.29. The Morgan fingerprint density at radius 1 is 1.03 bits per heavy atom. The van der Waals surface area contributed by atoms with Crippen LogP contribution < -0.4 is 5.32 Å². The summed E-state index contributed by atoms with van der Waals surface area (Å²) in [5.74, 6) is -0.282. The molecule has 2 aromatic rings. The van der Waals surface area contributed by atoms with Crippen LogP contribution in [0.15, 0.2) is 41.8 Å². The molecule has 0 unspecified atom stereocenters. The van der Waals surface area contributed by atoms with Crippen molar-refractivity contribution in [2.75, 3.05) is 51.1 Å². The number of piperazine rings is 1. The molecule has 0 radical (unpaired) electrons. The maximum Gasteiger partial charge on any atom is 0.238 e. The van der Waals surface area contributed by atoms with Crippen molar-refractivity contribution >= 4 is 28.8 Å². The molecule has 2 saturated heterocycles. The molecule has 2 fully saturated rings. The molecule has 8 heteroatoms. The summed E-state index contributed by atoms with van der Waals surface area (Å²) in [6, 6.07) is 10.3. The summed E-state index contributed by atoms with van der Waals surface area (Å²) >= 11 is 1.76. The van der Waals surface area contributed by atoms with E-state index in [1.54, 1.807) is 23.5 Å². The zero-order valence-electron chi connectivity index (χ0n) is 16.9. The molecule has 1 atom stereocenters. The Bertz CT molecular complexity index is 851. The fraction of sp³-hybridized carbons (Fsp3) is 0.455. The third-order valence-corrected chi connectivity index (χ3v) is 6.77. The average Bonchev–Trinajstić information content (AvgIpc) is 3.42. The maximum absolute atomic E-state index is 13.0. The van der Waals surface area contributed by atoms with Gasteiger partial charge in [-0.05, 0) is 55.1 Å². The van der Waals surface area contributed by atoms with Crippen LogP contribution in [0.2, 0.25) is 0 Å². The van der Waals surface area contributed by atoms with Crippen LogP contribution in [0.3, 0.4) is 0 Å². The van der Waals surface area contributed by atoms with Gasteiger partial charge < -0.3 is 10.2 Å². The van der Waals surface area contributed by atoms with E-state index in [4.69, 9.17) is 0 Å². The van der Waals surface area contributed by atoms with Crippen LogP contribution in [-0.2, 0) is 9.59 Å². The molecular weight excluding hydrogens is 403 g/mol. The minimum Gasteiger partial charge on any atom is -0.339 e. The number of benzene rings is 1. The van der Waals surface area contributed by atoms with Crippen molar-refractivity contribution in [2.24, 2.45) is 0 Å². The van der Waals surface area contributed by atoms with Crippen LogP contribution in [0.4, 0.5) is 10.1 Å². The monoisotopic (exact) mass is 430 g/mol. The highest BCUT2D eigenvalue weighted by atomic mass is 32.1. The van der Waals surface area contributed by atoms with Gasteiger partial charge in [-0.2, -0.15) is 0 Å². The second-order valence-electron chi connectivity index (χ2n) is 7.86. The molecule has 30 heavy (non-hydrogen) atoms. The number of nitrogens with zero attached hydrogens (tertiary/aromatic N) is 3. The lowest BCUT2D eigenvalue weighted by Crippen LogP contribution is -2.52. The molecule has 1 N–H and O–H groups in total. The first-order valence-corrected chi connectivity index (χ1v) is 11.3. The van der Waals surface area contributed by atoms with Crippen LogP contribution in [0.25, 0.3) is 0 Å².